The largest absolute Gasteiger partial charge is 0.497 e. The SMILES string of the molecule is COc1ccc(N2CC[NH+](CC(=O)Nc3ccc(C)c(F)c3)CC2)cc1. The molecule has 0 radical (unpaired) electrons. The second kappa shape index (κ2) is 8.19. The summed E-state index contributed by atoms with van der Waals surface area (Å²) >= 11 is 0. The Morgan fingerprint density at radius 2 is 1.88 bits per heavy atom. The van der Waals surface area contributed by atoms with E-state index in [1.54, 1.807) is 26.2 Å². The molecule has 6 heteroatoms. The number of amides is 1. The minimum Gasteiger partial charge on any atom is -0.497 e. The van der Waals surface area contributed by atoms with Crippen molar-refractivity contribution in [2.45, 2.75) is 6.92 Å². The maximum atomic E-state index is 13.6. The van der Waals surface area contributed by atoms with E-state index in [0.29, 0.717) is 17.8 Å². The van der Waals surface area contributed by atoms with Crippen LogP contribution in [-0.4, -0.2) is 45.7 Å². The summed E-state index contributed by atoms with van der Waals surface area (Å²) in [5, 5.41) is 2.79. The van der Waals surface area contributed by atoms with E-state index in [-0.39, 0.29) is 11.7 Å². The predicted octanol–water partition coefficient (Wildman–Crippen LogP) is 1.49. The van der Waals surface area contributed by atoms with Gasteiger partial charge in [-0.2, -0.15) is 0 Å². The number of ether oxygens (including phenoxy) is 1. The number of carbonyl (C=O) groups excluding carboxylic acids is 1. The summed E-state index contributed by atoms with van der Waals surface area (Å²) in [5.74, 6) is 0.464. The summed E-state index contributed by atoms with van der Waals surface area (Å²) < 4.78 is 18.8. The first-order valence-corrected chi connectivity index (χ1v) is 8.84. The first kappa shape index (κ1) is 18.2. The van der Waals surface area contributed by atoms with Gasteiger partial charge in [-0.1, -0.05) is 6.07 Å². The maximum absolute atomic E-state index is 13.6. The highest BCUT2D eigenvalue weighted by Crippen LogP contribution is 2.19. The van der Waals surface area contributed by atoms with Crippen molar-refractivity contribution in [3.05, 3.63) is 53.8 Å². The highest BCUT2D eigenvalue weighted by Gasteiger charge is 2.22. The Morgan fingerprint density at radius 3 is 2.50 bits per heavy atom. The smallest absolute Gasteiger partial charge is 0.279 e. The second-order valence-corrected chi connectivity index (χ2v) is 6.62. The maximum Gasteiger partial charge on any atom is 0.279 e. The van der Waals surface area contributed by atoms with Crippen LogP contribution in [0.1, 0.15) is 5.56 Å². The Labute approximate surface area is 153 Å². The molecule has 3 rings (SSSR count). The molecule has 0 aromatic heterocycles. The van der Waals surface area contributed by atoms with Crippen LogP contribution in [0.15, 0.2) is 42.5 Å². The van der Waals surface area contributed by atoms with Gasteiger partial charge >= 0.3 is 0 Å². The van der Waals surface area contributed by atoms with E-state index in [0.717, 1.165) is 31.9 Å². The van der Waals surface area contributed by atoms with Crippen molar-refractivity contribution < 1.29 is 18.8 Å². The Kier molecular flexibility index (Phi) is 5.73. The highest BCUT2D eigenvalue weighted by atomic mass is 19.1. The van der Waals surface area contributed by atoms with E-state index < -0.39 is 0 Å². The zero-order valence-corrected chi connectivity index (χ0v) is 15.2. The number of nitrogens with zero attached hydrogens (tertiary/aromatic N) is 1. The summed E-state index contributed by atoms with van der Waals surface area (Å²) in [5.41, 5.74) is 2.25. The molecular weight excluding hydrogens is 333 g/mol. The number of anilines is 2. The molecule has 1 amide bonds. The van der Waals surface area contributed by atoms with Gasteiger partial charge < -0.3 is 19.9 Å². The minimum absolute atomic E-state index is 0.0823. The summed E-state index contributed by atoms with van der Waals surface area (Å²) in [7, 11) is 1.66. The molecule has 26 heavy (non-hydrogen) atoms. The second-order valence-electron chi connectivity index (χ2n) is 6.62. The Hall–Kier alpha value is -2.60. The summed E-state index contributed by atoms with van der Waals surface area (Å²) in [6.45, 7) is 5.67. The number of hydrogen-bond donors (Lipinski definition) is 2. The monoisotopic (exact) mass is 358 g/mol. The highest BCUT2D eigenvalue weighted by molar-refractivity contribution is 5.91. The first-order chi connectivity index (χ1) is 12.5. The van der Waals surface area contributed by atoms with Crippen molar-refractivity contribution in [3.63, 3.8) is 0 Å². The summed E-state index contributed by atoms with van der Waals surface area (Å²) in [6.07, 6.45) is 0. The van der Waals surface area contributed by atoms with Gasteiger partial charge in [0, 0.05) is 11.4 Å². The van der Waals surface area contributed by atoms with Crippen molar-refractivity contribution in [3.8, 4) is 5.75 Å². The lowest BCUT2D eigenvalue weighted by Crippen LogP contribution is -3.15. The lowest BCUT2D eigenvalue weighted by atomic mass is 10.2. The molecule has 0 atom stereocenters. The van der Waals surface area contributed by atoms with Crippen LogP contribution in [0.2, 0.25) is 0 Å². The fraction of sp³-hybridized carbons (Fsp3) is 0.350. The molecule has 138 valence electrons. The van der Waals surface area contributed by atoms with Gasteiger partial charge in [0.25, 0.3) is 5.91 Å². The normalized spacial score (nSPS) is 15.0. The number of aryl methyl sites for hydroxylation is 1. The van der Waals surface area contributed by atoms with Crippen LogP contribution in [0, 0.1) is 12.7 Å². The van der Waals surface area contributed by atoms with Crippen LogP contribution in [0.3, 0.4) is 0 Å². The molecule has 2 aromatic rings. The number of nitrogens with one attached hydrogen (secondary N) is 2. The lowest BCUT2D eigenvalue weighted by molar-refractivity contribution is -0.892. The van der Waals surface area contributed by atoms with Gasteiger partial charge in [-0.05, 0) is 48.9 Å². The van der Waals surface area contributed by atoms with Gasteiger partial charge in [-0.25, -0.2) is 4.39 Å². The van der Waals surface area contributed by atoms with Crippen LogP contribution < -0.4 is 19.9 Å². The molecule has 0 saturated carbocycles. The number of halogens is 1. The molecule has 5 nitrogen and oxygen atoms in total. The summed E-state index contributed by atoms with van der Waals surface area (Å²) in [4.78, 5) is 15.8. The van der Waals surface area contributed by atoms with Crippen molar-refractivity contribution in [2.75, 3.05) is 50.1 Å². The van der Waals surface area contributed by atoms with Gasteiger partial charge in [0.15, 0.2) is 6.54 Å². The number of benzene rings is 2. The molecule has 2 N–H and O–H groups in total. The third kappa shape index (κ3) is 4.52. The Bertz CT molecular complexity index is 756. The zero-order valence-electron chi connectivity index (χ0n) is 15.2. The van der Waals surface area contributed by atoms with Gasteiger partial charge in [-0.3, -0.25) is 4.79 Å². The van der Waals surface area contributed by atoms with Crippen LogP contribution >= 0.6 is 0 Å². The number of hydrogen-bond acceptors (Lipinski definition) is 3. The molecule has 1 fully saturated rings. The molecular formula is C20H25FN3O2+. The third-order valence-corrected chi connectivity index (χ3v) is 4.77. The molecule has 1 heterocycles. The fourth-order valence-corrected chi connectivity index (χ4v) is 3.15. The van der Waals surface area contributed by atoms with E-state index in [1.807, 2.05) is 12.1 Å². The Balaban J connectivity index is 1.48. The topological polar surface area (TPSA) is 46.0 Å². The van der Waals surface area contributed by atoms with Crippen LogP contribution in [0.25, 0.3) is 0 Å². The van der Waals surface area contributed by atoms with E-state index in [2.05, 4.69) is 22.3 Å². The number of carbonyl (C=O) groups is 1. The standard InChI is InChI=1S/C20H24FN3O2/c1-15-3-4-16(13-19(15)21)22-20(25)14-23-9-11-24(12-10-23)17-5-7-18(26-2)8-6-17/h3-8,13H,9-12,14H2,1-2H3,(H,22,25)/p+1. The van der Waals surface area contributed by atoms with Gasteiger partial charge in [0.2, 0.25) is 0 Å². The Morgan fingerprint density at radius 1 is 1.19 bits per heavy atom. The molecule has 1 saturated heterocycles. The first-order valence-electron chi connectivity index (χ1n) is 8.84. The molecule has 0 aliphatic carbocycles. The van der Waals surface area contributed by atoms with Crippen molar-refractivity contribution >= 4 is 17.3 Å². The van der Waals surface area contributed by atoms with E-state index in [9.17, 15) is 9.18 Å². The van der Waals surface area contributed by atoms with Crippen LogP contribution in [0.5, 0.6) is 5.75 Å². The number of methoxy groups -OCH3 is 1. The number of rotatable bonds is 5. The molecule has 2 aromatic carbocycles. The summed E-state index contributed by atoms with van der Waals surface area (Å²) in [6, 6.07) is 12.8. The lowest BCUT2D eigenvalue weighted by Gasteiger charge is -2.33. The molecule has 0 bridgehead atoms. The average molecular weight is 358 g/mol. The molecule has 1 aliphatic heterocycles. The van der Waals surface area contributed by atoms with Crippen molar-refractivity contribution in [1.29, 1.82) is 0 Å². The number of piperazine rings is 1. The van der Waals surface area contributed by atoms with E-state index >= 15 is 0 Å². The molecule has 1 aliphatic rings. The fourth-order valence-electron chi connectivity index (χ4n) is 3.15. The van der Waals surface area contributed by atoms with Crippen molar-refractivity contribution in [2.24, 2.45) is 0 Å². The molecule has 0 spiro atoms. The van der Waals surface area contributed by atoms with Gasteiger partial charge in [0.05, 0.1) is 33.3 Å². The predicted molar refractivity (Wildman–Crippen MR) is 101 cm³/mol. The van der Waals surface area contributed by atoms with Crippen LogP contribution in [-0.2, 0) is 4.79 Å². The van der Waals surface area contributed by atoms with E-state index in [4.69, 9.17) is 4.74 Å². The van der Waals surface area contributed by atoms with E-state index in [1.165, 1.54) is 16.7 Å². The van der Waals surface area contributed by atoms with Crippen LogP contribution in [0.4, 0.5) is 15.8 Å². The van der Waals surface area contributed by atoms with Gasteiger partial charge in [0.1, 0.15) is 11.6 Å². The minimum atomic E-state index is -0.303. The zero-order chi connectivity index (χ0) is 18.5. The van der Waals surface area contributed by atoms with Gasteiger partial charge in [-0.15, -0.1) is 0 Å². The average Bonchev–Trinajstić information content (AvgIpc) is 2.65. The number of quaternary nitrogens is 1. The van der Waals surface area contributed by atoms with Crippen molar-refractivity contribution in [1.82, 2.24) is 0 Å². The molecule has 0 unspecified atom stereocenters. The third-order valence-electron chi connectivity index (χ3n) is 4.77. The quantitative estimate of drug-likeness (QED) is 0.851.